The fraction of sp³-hybridized carbons (Fsp3) is 0.429. The molecule has 0 bridgehead atoms. The Morgan fingerprint density at radius 3 is 3.00 bits per heavy atom. The van der Waals surface area contributed by atoms with Crippen molar-refractivity contribution in [2.24, 2.45) is 0 Å². The summed E-state index contributed by atoms with van der Waals surface area (Å²) >= 11 is 11.2. The van der Waals surface area contributed by atoms with Crippen molar-refractivity contribution in [2.45, 2.75) is 37.8 Å². The largest absolute Gasteiger partial charge is 0.357 e. The first kappa shape index (κ1) is 13.6. The quantitative estimate of drug-likeness (QED) is 0.782. The van der Waals surface area contributed by atoms with Crippen molar-refractivity contribution in [3.63, 3.8) is 0 Å². The number of nitrogens with zero attached hydrogens (tertiary/aromatic N) is 1. The molecule has 1 heterocycles. The van der Waals surface area contributed by atoms with Crippen LogP contribution in [0.5, 0.6) is 0 Å². The van der Waals surface area contributed by atoms with E-state index in [1.54, 1.807) is 17.0 Å². The van der Waals surface area contributed by atoms with Crippen LogP contribution < -0.4 is 10.6 Å². The molecule has 1 aliphatic heterocycles. The first-order chi connectivity index (χ1) is 9.65. The molecule has 106 valence electrons. The van der Waals surface area contributed by atoms with Crippen molar-refractivity contribution in [2.75, 3.05) is 5.32 Å². The van der Waals surface area contributed by atoms with E-state index in [-0.39, 0.29) is 12.1 Å². The second-order valence-corrected chi connectivity index (χ2v) is 6.04. The van der Waals surface area contributed by atoms with Gasteiger partial charge in [0.25, 0.3) is 0 Å². The molecule has 2 fully saturated rings. The zero-order valence-electron chi connectivity index (χ0n) is 10.9. The number of rotatable bonds is 1. The summed E-state index contributed by atoms with van der Waals surface area (Å²) in [5, 5.41) is 7.24. The van der Waals surface area contributed by atoms with Crippen LogP contribution in [0.25, 0.3) is 0 Å². The highest BCUT2D eigenvalue weighted by Gasteiger charge is 2.41. The summed E-state index contributed by atoms with van der Waals surface area (Å²) in [6.07, 6.45) is 4.42. The van der Waals surface area contributed by atoms with Crippen LogP contribution in [0.15, 0.2) is 24.3 Å². The molecule has 2 aliphatic rings. The fourth-order valence-corrected chi connectivity index (χ4v) is 3.52. The number of hydrogen-bond donors (Lipinski definition) is 2. The lowest BCUT2D eigenvalue weighted by molar-refractivity contribution is 0.212. The predicted molar refractivity (Wildman–Crippen MR) is 84.1 cm³/mol. The van der Waals surface area contributed by atoms with Gasteiger partial charge in [0.15, 0.2) is 5.11 Å². The van der Waals surface area contributed by atoms with Crippen LogP contribution in [0.1, 0.15) is 25.7 Å². The number of benzene rings is 1. The Morgan fingerprint density at radius 1 is 1.40 bits per heavy atom. The second-order valence-electron chi connectivity index (χ2n) is 5.22. The molecule has 2 atom stereocenters. The van der Waals surface area contributed by atoms with E-state index < -0.39 is 0 Å². The minimum atomic E-state index is -0.181. The highest BCUT2D eigenvalue weighted by atomic mass is 35.5. The molecule has 1 aromatic rings. The van der Waals surface area contributed by atoms with Crippen molar-refractivity contribution in [3.05, 3.63) is 29.3 Å². The fourth-order valence-electron chi connectivity index (χ4n) is 2.96. The summed E-state index contributed by atoms with van der Waals surface area (Å²) in [5.74, 6) is 0. The number of hydrogen-bond acceptors (Lipinski definition) is 2. The molecule has 6 heteroatoms. The normalized spacial score (nSPS) is 25.1. The van der Waals surface area contributed by atoms with E-state index in [9.17, 15) is 4.79 Å². The third kappa shape index (κ3) is 2.60. The summed E-state index contributed by atoms with van der Waals surface area (Å²) in [6.45, 7) is 0. The minimum absolute atomic E-state index is 0.176. The molecule has 1 aromatic carbocycles. The Morgan fingerprint density at radius 2 is 2.20 bits per heavy atom. The number of anilines is 1. The van der Waals surface area contributed by atoms with E-state index in [1.165, 1.54) is 6.42 Å². The van der Waals surface area contributed by atoms with Crippen LogP contribution >= 0.6 is 23.8 Å². The lowest BCUT2D eigenvalue weighted by Crippen LogP contribution is -2.44. The molecule has 2 N–H and O–H groups in total. The molecule has 3 rings (SSSR count). The molecule has 1 saturated heterocycles. The number of nitrogens with one attached hydrogen (secondary N) is 2. The zero-order valence-corrected chi connectivity index (χ0v) is 12.5. The molecule has 0 radical (unpaired) electrons. The number of urea groups is 1. The van der Waals surface area contributed by atoms with Crippen LogP contribution in [-0.4, -0.2) is 28.1 Å². The Hall–Kier alpha value is -1.33. The number of carbonyl (C=O) groups is 1. The summed E-state index contributed by atoms with van der Waals surface area (Å²) in [6, 6.07) is 7.42. The molecule has 0 spiro atoms. The van der Waals surface area contributed by atoms with Crippen molar-refractivity contribution < 1.29 is 4.79 Å². The van der Waals surface area contributed by atoms with Crippen molar-refractivity contribution in [1.82, 2.24) is 10.2 Å². The van der Waals surface area contributed by atoms with Crippen LogP contribution in [-0.2, 0) is 0 Å². The average molecular weight is 310 g/mol. The van der Waals surface area contributed by atoms with Gasteiger partial charge in [-0.1, -0.05) is 30.5 Å². The molecule has 4 nitrogen and oxygen atoms in total. The van der Waals surface area contributed by atoms with E-state index in [2.05, 4.69) is 10.6 Å². The lowest BCUT2D eigenvalue weighted by atomic mass is 9.91. The summed E-state index contributed by atoms with van der Waals surface area (Å²) in [7, 11) is 0. The zero-order chi connectivity index (χ0) is 14.1. The van der Waals surface area contributed by atoms with Gasteiger partial charge in [-0.3, -0.25) is 4.90 Å². The number of amides is 2. The first-order valence-electron chi connectivity index (χ1n) is 6.81. The SMILES string of the molecule is O=C(Nc1cccc(Cl)c1)N1C(=S)N[C@H]2CCCC[C@H]21. The van der Waals surface area contributed by atoms with Gasteiger partial charge < -0.3 is 10.6 Å². The molecule has 1 aliphatic carbocycles. The van der Waals surface area contributed by atoms with E-state index >= 15 is 0 Å². The molecule has 0 unspecified atom stereocenters. The average Bonchev–Trinajstić information content (AvgIpc) is 2.74. The van der Waals surface area contributed by atoms with Gasteiger partial charge in [0, 0.05) is 16.8 Å². The maximum atomic E-state index is 12.4. The molecule has 1 saturated carbocycles. The highest BCUT2D eigenvalue weighted by Crippen LogP contribution is 2.28. The summed E-state index contributed by atoms with van der Waals surface area (Å²) in [4.78, 5) is 14.1. The Labute approximate surface area is 128 Å². The van der Waals surface area contributed by atoms with Gasteiger partial charge in [-0.25, -0.2) is 4.79 Å². The third-order valence-corrected chi connectivity index (χ3v) is 4.43. The second kappa shape index (κ2) is 5.58. The van der Waals surface area contributed by atoms with Gasteiger partial charge in [0.1, 0.15) is 0 Å². The highest BCUT2D eigenvalue weighted by molar-refractivity contribution is 7.80. The topological polar surface area (TPSA) is 44.4 Å². The number of halogens is 1. The van der Waals surface area contributed by atoms with E-state index in [1.807, 2.05) is 12.1 Å². The third-order valence-electron chi connectivity index (χ3n) is 3.88. The van der Waals surface area contributed by atoms with Crippen molar-refractivity contribution >= 4 is 40.6 Å². The summed E-state index contributed by atoms with van der Waals surface area (Å²) in [5.41, 5.74) is 0.685. The molecular formula is C14H16ClN3OS. The van der Waals surface area contributed by atoms with Crippen molar-refractivity contribution in [1.29, 1.82) is 0 Å². The smallest absolute Gasteiger partial charge is 0.328 e. The van der Waals surface area contributed by atoms with Crippen LogP contribution in [0, 0.1) is 0 Å². The molecule has 0 aromatic heterocycles. The van der Waals surface area contributed by atoms with E-state index in [4.69, 9.17) is 23.8 Å². The number of thiocarbonyl (C=S) groups is 1. The molecular weight excluding hydrogens is 294 g/mol. The van der Waals surface area contributed by atoms with E-state index in [0.29, 0.717) is 21.9 Å². The predicted octanol–water partition coefficient (Wildman–Crippen LogP) is 3.37. The lowest BCUT2D eigenvalue weighted by Gasteiger charge is -2.29. The number of fused-ring (bicyclic) bond motifs is 1. The monoisotopic (exact) mass is 309 g/mol. The standard InChI is InChI=1S/C14H16ClN3OS/c15-9-4-3-5-10(8-9)16-13(19)18-12-7-2-1-6-11(12)17-14(18)20/h3-5,8,11-12H,1-2,6-7H2,(H,16,19)(H,17,20)/t11-,12+/m0/s1. The molecule has 20 heavy (non-hydrogen) atoms. The van der Waals surface area contributed by atoms with Crippen LogP contribution in [0.4, 0.5) is 10.5 Å². The minimum Gasteiger partial charge on any atom is -0.357 e. The van der Waals surface area contributed by atoms with Gasteiger partial charge in [-0.05, 0) is 43.3 Å². The maximum Gasteiger partial charge on any atom is 0.328 e. The maximum absolute atomic E-state index is 12.4. The van der Waals surface area contributed by atoms with Crippen LogP contribution in [0.2, 0.25) is 5.02 Å². The molecule has 2 amide bonds. The Kier molecular flexibility index (Phi) is 3.81. The van der Waals surface area contributed by atoms with Crippen LogP contribution in [0.3, 0.4) is 0 Å². The van der Waals surface area contributed by atoms with Gasteiger partial charge in [-0.15, -0.1) is 0 Å². The van der Waals surface area contributed by atoms with E-state index in [0.717, 1.165) is 19.3 Å². The van der Waals surface area contributed by atoms with Gasteiger partial charge in [-0.2, -0.15) is 0 Å². The first-order valence-corrected chi connectivity index (χ1v) is 7.60. The van der Waals surface area contributed by atoms with Gasteiger partial charge >= 0.3 is 6.03 Å². The van der Waals surface area contributed by atoms with Gasteiger partial charge in [0.2, 0.25) is 0 Å². The van der Waals surface area contributed by atoms with Crippen molar-refractivity contribution in [3.8, 4) is 0 Å². The Balaban J connectivity index is 1.74. The summed E-state index contributed by atoms with van der Waals surface area (Å²) < 4.78 is 0. The number of carbonyl (C=O) groups excluding carboxylic acids is 1. The van der Waals surface area contributed by atoms with Gasteiger partial charge in [0.05, 0.1) is 6.04 Å². The Bertz CT molecular complexity index is 551.